The molecule has 1 unspecified atom stereocenters. The molecule has 0 saturated heterocycles. The van der Waals surface area contributed by atoms with Crippen LogP contribution in [0.4, 0.5) is 4.39 Å². The molecule has 144 valence electrons. The molecule has 1 N–H and O–H groups in total. The molecule has 0 radical (unpaired) electrons. The summed E-state index contributed by atoms with van der Waals surface area (Å²) >= 11 is 0. The normalized spacial score (nSPS) is 11.3. The molecule has 2 aromatic carbocycles. The number of nitrogens with one attached hydrogen (secondary N) is 1. The SMILES string of the molecule is COc1ccc(C(C)NCc2ccc(OC)c(OC)c2OC)cc1F.Cl. The number of benzene rings is 2. The zero-order valence-electron chi connectivity index (χ0n) is 15.6. The second-order valence-electron chi connectivity index (χ2n) is 5.49. The van der Waals surface area contributed by atoms with E-state index in [2.05, 4.69) is 5.32 Å². The Morgan fingerprint density at radius 1 is 0.885 bits per heavy atom. The van der Waals surface area contributed by atoms with Gasteiger partial charge in [0.25, 0.3) is 0 Å². The zero-order valence-corrected chi connectivity index (χ0v) is 16.4. The maximum absolute atomic E-state index is 13.9. The Hall–Kier alpha value is -2.18. The standard InChI is InChI=1S/C19H24FNO4.ClH/c1-12(13-6-8-16(22-2)15(20)10-13)21-11-14-7-9-17(23-3)19(25-5)18(14)24-4;/h6-10,12,21H,11H2,1-5H3;1H. The summed E-state index contributed by atoms with van der Waals surface area (Å²) in [4.78, 5) is 0. The smallest absolute Gasteiger partial charge is 0.203 e. The minimum absolute atomic E-state index is 0. The molecule has 0 saturated carbocycles. The molecule has 1 atom stereocenters. The highest BCUT2D eigenvalue weighted by Crippen LogP contribution is 2.39. The monoisotopic (exact) mass is 385 g/mol. The first-order valence-electron chi connectivity index (χ1n) is 7.90. The van der Waals surface area contributed by atoms with Crippen molar-refractivity contribution in [1.29, 1.82) is 0 Å². The van der Waals surface area contributed by atoms with Gasteiger partial charge in [0.15, 0.2) is 23.1 Å². The molecule has 0 fully saturated rings. The van der Waals surface area contributed by atoms with Crippen molar-refractivity contribution in [2.75, 3.05) is 28.4 Å². The summed E-state index contributed by atoms with van der Waals surface area (Å²) in [6, 6.07) is 8.62. The second-order valence-corrected chi connectivity index (χ2v) is 5.49. The Kier molecular flexibility index (Phi) is 8.48. The van der Waals surface area contributed by atoms with Crippen LogP contribution in [0, 0.1) is 5.82 Å². The zero-order chi connectivity index (χ0) is 18.4. The number of halogens is 2. The third-order valence-corrected chi connectivity index (χ3v) is 4.06. The van der Waals surface area contributed by atoms with Gasteiger partial charge in [-0.2, -0.15) is 0 Å². The van der Waals surface area contributed by atoms with Crippen molar-refractivity contribution in [1.82, 2.24) is 5.32 Å². The fraction of sp³-hybridized carbons (Fsp3) is 0.368. The highest BCUT2D eigenvalue weighted by Gasteiger charge is 2.16. The number of methoxy groups -OCH3 is 4. The van der Waals surface area contributed by atoms with Gasteiger partial charge >= 0.3 is 0 Å². The summed E-state index contributed by atoms with van der Waals surface area (Å²) in [5.41, 5.74) is 1.75. The first-order chi connectivity index (χ1) is 12.0. The van der Waals surface area contributed by atoms with Crippen LogP contribution in [0.2, 0.25) is 0 Å². The van der Waals surface area contributed by atoms with Crippen molar-refractivity contribution in [3.05, 3.63) is 47.3 Å². The van der Waals surface area contributed by atoms with Crippen LogP contribution in [-0.2, 0) is 6.54 Å². The maximum Gasteiger partial charge on any atom is 0.203 e. The lowest BCUT2D eigenvalue weighted by Gasteiger charge is -2.19. The van der Waals surface area contributed by atoms with E-state index in [9.17, 15) is 4.39 Å². The third-order valence-electron chi connectivity index (χ3n) is 4.06. The van der Waals surface area contributed by atoms with Gasteiger partial charge < -0.3 is 24.3 Å². The highest BCUT2D eigenvalue weighted by atomic mass is 35.5. The molecule has 5 nitrogen and oxygen atoms in total. The molecule has 26 heavy (non-hydrogen) atoms. The van der Waals surface area contributed by atoms with Crippen LogP contribution < -0.4 is 24.3 Å². The van der Waals surface area contributed by atoms with E-state index in [0.717, 1.165) is 11.1 Å². The van der Waals surface area contributed by atoms with Crippen molar-refractivity contribution in [2.45, 2.75) is 19.5 Å². The van der Waals surface area contributed by atoms with Crippen molar-refractivity contribution in [3.63, 3.8) is 0 Å². The van der Waals surface area contributed by atoms with Gasteiger partial charge in [-0.05, 0) is 30.7 Å². The number of rotatable bonds is 8. The molecule has 0 amide bonds. The second kappa shape index (κ2) is 10.1. The van der Waals surface area contributed by atoms with Gasteiger partial charge in [-0.15, -0.1) is 12.4 Å². The summed E-state index contributed by atoms with van der Waals surface area (Å²) in [5, 5.41) is 3.36. The average Bonchev–Trinajstić information content (AvgIpc) is 2.64. The molecule has 0 heterocycles. The number of hydrogen-bond donors (Lipinski definition) is 1. The van der Waals surface area contributed by atoms with Gasteiger partial charge in [-0.1, -0.05) is 12.1 Å². The molecular formula is C19H25ClFNO4. The van der Waals surface area contributed by atoms with Crippen LogP contribution in [0.25, 0.3) is 0 Å². The van der Waals surface area contributed by atoms with Crippen LogP contribution >= 0.6 is 12.4 Å². The van der Waals surface area contributed by atoms with Crippen molar-refractivity contribution < 1.29 is 23.3 Å². The van der Waals surface area contributed by atoms with Crippen molar-refractivity contribution in [3.8, 4) is 23.0 Å². The summed E-state index contributed by atoms with van der Waals surface area (Å²) in [6.07, 6.45) is 0. The molecule has 7 heteroatoms. The number of ether oxygens (including phenoxy) is 4. The molecule has 0 aliphatic heterocycles. The topological polar surface area (TPSA) is 49.0 Å². The quantitative estimate of drug-likeness (QED) is 0.740. The Morgan fingerprint density at radius 2 is 1.50 bits per heavy atom. The molecule has 0 aliphatic carbocycles. The van der Waals surface area contributed by atoms with Crippen LogP contribution in [0.3, 0.4) is 0 Å². The molecule has 2 rings (SSSR count). The van der Waals surface area contributed by atoms with Crippen LogP contribution in [0.1, 0.15) is 24.1 Å². The fourth-order valence-corrected chi connectivity index (χ4v) is 2.64. The van der Waals surface area contributed by atoms with E-state index < -0.39 is 0 Å². The fourth-order valence-electron chi connectivity index (χ4n) is 2.64. The van der Waals surface area contributed by atoms with E-state index in [1.54, 1.807) is 27.4 Å². The van der Waals surface area contributed by atoms with Crippen LogP contribution in [0.15, 0.2) is 30.3 Å². The van der Waals surface area contributed by atoms with Crippen LogP contribution in [0.5, 0.6) is 23.0 Å². The molecule has 0 aliphatic rings. The van der Waals surface area contributed by atoms with E-state index in [-0.39, 0.29) is 30.0 Å². The minimum Gasteiger partial charge on any atom is -0.494 e. The van der Waals surface area contributed by atoms with Gasteiger partial charge in [-0.3, -0.25) is 0 Å². The lowest BCUT2D eigenvalue weighted by atomic mass is 10.1. The van der Waals surface area contributed by atoms with Crippen LogP contribution in [-0.4, -0.2) is 28.4 Å². The van der Waals surface area contributed by atoms with Gasteiger partial charge in [0.1, 0.15) is 0 Å². The van der Waals surface area contributed by atoms with Crippen molar-refractivity contribution in [2.24, 2.45) is 0 Å². The molecule has 0 spiro atoms. The Bertz CT molecular complexity index is 727. The van der Waals surface area contributed by atoms with E-state index in [1.807, 2.05) is 25.1 Å². The average molecular weight is 386 g/mol. The van der Waals surface area contributed by atoms with E-state index in [1.165, 1.54) is 13.2 Å². The van der Waals surface area contributed by atoms with Gasteiger partial charge in [0.2, 0.25) is 5.75 Å². The largest absolute Gasteiger partial charge is 0.494 e. The van der Waals surface area contributed by atoms with Gasteiger partial charge in [-0.25, -0.2) is 4.39 Å². The Labute approximate surface area is 159 Å². The van der Waals surface area contributed by atoms with Gasteiger partial charge in [0, 0.05) is 18.2 Å². The lowest BCUT2D eigenvalue weighted by molar-refractivity contribution is 0.321. The predicted octanol–water partition coefficient (Wildman–Crippen LogP) is 4.13. The highest BCUT2D eigenvalue weighted by molar-refractivity contribution is 5.85. The predicted molar refractivity (Wildman–Crippen MR) is 102 cm³/mol. The van der Waals surface area contributed by atoms with Crippen molar-refractivity contribution >= 4 is 12.4 Å². The minimum atomic E-state index is -0.377. The molecule has 0 aromatic heterocycles. The summed E-state index contributed by atoms with van der Waals surface area (Å²) < 4.78 is 35.0. The number of hydrogen-bond acceptors (Lipinski definition) is 5. The van der Waals surface area contributed by atoms with E-state index in [0.29, 0.717) is 23.8 Å². The summed E-state index contributed by atoms with van der Waals surface area (Å²) in [7, 11) is 6.18. The maximum atomic E-state index is 13.9. The van der Waals surface area contributed by atoms with Gasteiger partial charge in [0.05, 0.1) is 28.4 Å². The Balaban J connectivity index is 0.00000338. The lowest BCUT2D eigenvalue weighted by Crippen LogP contribution is -2.19. The Morgan fingerprint density at radius 3 is 2.04 bits per heavy atom. The third kappa shape index (κ3) is 4.71. The molecule has 0 bridgehead atoms. The summed E-state index contributed by atoms with van der Waals surface area (Å²) in [5.74, 6) is 1.62. The van der Waals surface area contributed by atoms with E-state index in [4.69, 9.17) is 18.9 Å². The first-order valence-corrected chi connectivity index (χ1v) is 7.90. The van der Waals surface area contributed by atoms with E-state index >= 15 is 0 Å². The first kappa shape index (κ1) is 21.9. The summed E-state index contributed by atoms with van der Waals surface area (Å²) in [6.45, 7) is 2.49. The molecule has 2 aromatic rings. The molecular weight excluding hydrogens is 361 g/mol.